The van der Waals surface area contributed by atoms with Gasteiger partial charge >= 0.3 is 0 Å². The van der Waals surface area contributed by atoms with Crippen molar-refractivity contribution in [1.82, 2.24) is 0 Å². The molecule has 0 saturated carbocycles. The largest absolute Gasteiger partial charge is 0.467 e. The van der Waals surface area contributed by atoms with Gasteiger partial charge in [0.05, 0.1) is 12.8 Å². The van der Waals surface area contributed by atoms with E-state index in [2.05, 4.69) is 61.1 Å². The molecule has 21 heavy (non-hydrogen) atoms. The summed E-state index contributed by atoms with van der Waals surface area (Å²) in [7, 11) is 2.11. The van der Waals surface area contributed by atoms with Gasteiger partial charge in [-0.1, -0.05) is 32.0 Å². The van der Waals surface area contributed by atoms with Crippen LogP contribution in [0.15, 0.2) is 63.8 Å². The normalized spacial score (nSPS) is 18.6. The Morgan fingerprint density at radius 1 is 1.19 bits per heavy atom. The van der Waals surface area contributed by atoms with Gasteiger partial charge in [0.15, 0.2) is 0 Å². The number of hydrogen-bond acceptors (Lipinski definition) is 3. The highest BCUT2D eigenvalue weighted by molar-refractivity contribution is 5.79. The number of rotatable bonds is 3. The minimum Gasteiger partial charge on any atom is -0.467 e. The zero-order valence-electron chi connectivity index (χ0n) is 12.7. The van der Waals surface area contributed by atoms with E-state index >= 15 is 0 Å². The van der Waals surface area contributed by atoms with Crippen LogP contribution in [0.2, 0.25) is 0 Å². The number of nitrogens with zero attached hydrogens (tertiary/aromatic N) is 2. The van der Waals surface area contributed by atoms with E-state index in [1.165, 1.54) is 16.9 Å². The van der Waals surface area contributed by atoms with Crippen LogP contribution < -0.4 is 4.90 Å². The average Bonchev–Trinajstić information content (AvgIpc) is 3.05. The lowest BCUT2D eigenvalue weighted by atomic mass is 9.84. The smallest absolute Gasteiger partial charge is 0.125 e. The first-order valence-corrected chi connectivity index (χ1v) is 7.17. The molecule has 3 rings (SSSR count). The van der Waals surface area contributed by atoms with Crippen LogP contribution in [0.5, 0.6) is 0 Å². The van der Waals surface area contributed by atoms with Gasteiger partial charge in [-0.25, -0.2) is 0 Å². The molecular weight excluding hydrogens is 260 g/mol. The van der Waals surface area contributed by atoms with Crippen LogP contribution in [0.1, 0.15) is 25.2 Å². The fraction of sp³-hybridized carbons (Fsp3) is 0.278. The van der Waals surface area contributed by atoms with E-state index in [9.17, 15) is 0 Å². The van der Waals surface area contributed by atoms with E-state index in [1.54, 1.807) is 6.26 Å². The molecule has 2 aromatic rings. The Bertz CT molecular complexity index is 681. The second-order valence-corrected chi connectivity index (χ2v) is 5.82. The standard InChI is InChI=1S/C18H20N2O/c1-18(2)15-8-4-5-9-16(15)20(3)17(18)10-11-19-13-14-7-6-12-21-14/h4-12H,13H2,1-3H3/b17-10-,19-11?. The van der Waals surface area contributed by atoms with Crippen LogP contribution in [0.3, 0.4) is 0 Å². The van der Waals surface area contributed by atoms with Crippen molar-refractivity contribution in [2.24, 2.45) is 4.99 Å². The number of benzene rings is 1. The van der Waals surface area contributed by atoms with Gasteiger partial charge in [0.2, 0.25) is 0 Å². The molecule has 108 valence electrons. The highest BCUT2D eigenvalue weighted by Crippen LogP contribution is 2.46. The van der Waals surface area contributed by atoms with E-state index in [1.807, 2.05) is 18.3 Å². The SMILES string of the molecule is CN1/C(=C\C=NCc2ccco2)C(C)(C)c2ccccc21. The molecule has 0 unspecified atom stereocenters. The molecule has 0 N–H and O–H groups in total. The molecule has 1 aromatic carbocycles. The number of allylic oxidation sites excluding steroid dienone is 2. The van der Waals surface area contributed by atoms with Crippen molar-refractivity contribution in [1.29, 1.82) is 0 Å². The summed E-state index contributed by atoms with van der Waals surface area (Å²) >= 11 is 0. The van der Waals surface area contributed by atoms with Crippen LogP contribution >= 0.6 is 0 Å². The molecule has 0 saturated heterocycles. The summed E-state index contributed by atoms with van der Waals surface area (Å²) < 4.78 is 5.27. The van der Waals surface area contributed by atoms with Crippen LogP contribution in [0, 0.1) is 0 Å². The van der Waals surface area contributed by atoms with Gasteiger partial charge < -0.3 is 9.32 Å². The molecule has 2 heterocycles. The Morgan fingerprint density at radius 3 is 2.71 bits per heavy atom. The van der Waals surface area contributed by atoms with E-state index in [-0.39, 0.29) is 5.41 Å². The van der Waals surface area contributed by atoms with E-state index in [0.29, 0.717) is 6.54 Å². The molecule has 0 aliphatic carbocycles. The second kappa shape index (κ2) is 5.24. The Labute approximate surface area is 125 Å². The zero-order chi connectivity index (χ0) is 14.9. The Hall–Kier alpha value is -2.29. The minimum absolute atomic E-state index is 0.00203. The average molecular weight is 280 g/mol. The first kappa shape index (κ1) is 13.7. The predicted octanol–water partition coefficient (Wildman–Crippen LogP) is 4.16. The van der Waals surface area contributed by atoms with E-state index in [4.69, 9.17) is 4.42 Å². The third kappa shape index (κ3) is 2.40. The lowest BCUT2D eigenvalue weighted by Crippen LogP contribution is -2.23. The van der Waals surface area contributed by atoms with Crippen molar-refractivity contribution in [3.63, 3.8) is 0 Å². The Balaban J connectivity index is 1.82. The van der Waals surface area contributed by atoms with E-state index in [0.717, 1.165) is 5.76 Å². The number of anilines is 1. The lowest BCUT2D eigenvalue weighted by Gasteiger charge is -2.23. The summed E-state index contributed by atoms with van der Waals surface area (Å²) in [5.74, 6) is 0.881. The molecule has 0 radical (unpaired) electrons. The van der Waals surface area contributed by atoms with Gasteiger partial charge in [-0.3, -0.25) is 4.99 Å². The summed E-state index contributed by atoms with van der Waals surface area (Å²) in [5.41, 5.74) is 3.89. The molecule has 0 spiro atoms. The van der Waals surface area contributed by atoms with Gasteiger partial charge in [0, 0.05) is 30.1 Å². The highest BCUT2D eigenvalue weighted by atomic mass is 16.3. The quantitative estimate of drug-likeness (QED) is 0.790. The highest BCUT2D eigenvalue weighted by Gasteiger charge is 2.37. The lowest BCUT2D eigenvalue weighted by molar-refractivity contribution is 0.513. The number of para-hydroxylation sites is 1. The maximum atomic E-state index is 5.27. The van der Waals surface area contributed by atoms with Gasteiger partial charge in [-0.15, -0.1) is 0 Å². The Morgan fingerprint density at radius 2 is 2.00 bits per heavy atom. The van der Waals surface area contributed by atoms with Gasteiger partial charge in [-0.2, -0.15) is 0 Å². The topological polar surface area (TPSA) is 28.7 Å². The summed E-state index contributed by atoms with van der Waals surface area (Å²) in [5, 5.41) is 0. The van der Waals surface area contributed by atoms with Crippen molar-refractivity contribution in [3.05, 3.63) is 65.8 Å². The number of hydrogen-bond donors (Lipinski definition) is 0. The Kier molecular flexibility index (Phi) is 3.42. The first-order valence-electron chi connectivity index (χ1n) is 7.17. The fourth-order valence-corrected chi connectivity index (χ4v) is 2.97. The molecule has 0 fully saturated rings. The monoisotopic (exact) mass is 280 g/mol. The first-order chi connectivity index (χ1) is 10.1. The summed E-state index contributed by atoms with van der Waals surface area (Å²) in [6, 6.07) is 12.4. The predicted molar refractivity (Wildman–Crippen MR) is 86.9 cm³/mol. The third-order valence-corrected chi connectivity index (χ3v) is 4.11. The maximum absolute atomic E-state index is 5.27. The van der Waals surface area contributed by atoms with Crippen molar-refractivity contribution in [3.8, 4) is 0 Å². The zero-order valence-corrected chi connectivity index (χ0v) is 12.7. The van der Waals surface area contributed by atoms with Crippen molar-refractivity contribution < 1.29 is 4.42 Å². The fourth-order valence-electron chi connectivity index (χ4n) is 2.97. The van der Waals surface area contributed by atoms with Crippen LogP contribution in [-0.2, 0) is 12.0 Å². The molecular formula is C18H20N2O. The molecule has 1 aromatic heterocycles. The van der Waals surface area contributed by atoms with Gasteiger partial charge in [0.25, 0.3) is 0 Å². The minimum atomic E-state index is 0.00203. The van der Waals surface area contributed by atoms with Crippen molar-refractivity contribution in [2.75, 3.05) is 11.9 Å². The van der Waals surface area contributed by atoms with Crippen LogP contribution in [0.4, 0.5) is 5.69 Å². The van der Waals surface area contributed by atoms with Crippen molar-refractivity contribution >= 4 is 11.9 Å². The van der Waals surface area contributed by atoms with Gasteiger partial charge in [0.1, 0.15) is 5.76 Å². The van der Waals surface area contributed by atoms with Crippen LogP contribution in [-0.4, -0.2) is 13.3 Å². The van der Waals surface area contributed by atoms with E-state index < -0.39 is 0 Å². The summed E-state index contributed by atoms with van der Waals surface area (Å²) in [6.07, 6.45) is 5.65. The second-order valence-electron chi connectivity index (χ2n) is 5.82. The maximum Gasteiger partial charge on any atom is 0.125 e. The molecule has 0 amide bonds. The summed E-state index contributed by atoms with van der Waals surface area (Å²) in [6.45, 7) is 5.08. The number of aliphatic imine (C=N–C) groups is 1. The van der Waals surface area contributed by atoms with Gasteiger partial charge in [-0.05, 0) is 29.8 Å². The number of fused-ring (bicyclic) bond motifs is 1. The molecule has 0 bridgehead atoms. The third-order valence-electron chi connectivity index (χ3n) is 4.11. The van der Waals surface area contributed by atoms with Crippen molar-refractivity contribution in [2.45, 2.75) is 25.8 Å². The molecule has 1 aliphatic heterocycles. The molecule has 1 aliphatic rings. The molecule has 3 nitrogen and oxygen atoms in total. The molecule has 3 heteroatoms. The number of furan rings is 1. The molecule has 0 atom stereocenters. The summed E-state index contributed by atoms with van der Waals surface area (Å²) in [4.78, 5) is 6.66. The van der Waals surface area contributed by atoms with Crippen LogP contribution in [0.25, 0.3) is 0 Å². The number of likely N-dealkylation sites (N-methyl/N-ethyl adjacent to an activating group) is 1.